The van der Waals surface area contributed by atoms with E-state index in [0.29, 0.717) is 35.7 Å². The average molecular weight is 543 g/mol. The lowest BCUT2D eigenvalue weighted by molar-refractivity contribution is -0.108. The highest BCUT2D eigenvalue weighted by atomic mass is 28.3. The molecule has 2 rings (SSSR count). The number of hydrogen-bond acceptors (Lipinski definition) is 9. The molecule has 2 heterocycles. The molecule has 2 amide bonds. The van der Waals surface area contributed by atoms with Gasteiger partial charge in [-0.3, -0.25) is 15.0 Å². The van der Waals surface area contributed by atoms with E-state index in [4.69, 9.17) is 14.2 Å². The van der Waals surface area contributed by atoms with Gasteiger partial charge in [-0.25, -0.2) is 14.8 Å². The molecule has 0 aliphatic heterocycles. The number of pyridine rings is 2. The van der Waals surface area contributed by atoms with Gasteiger partial charge in [0.2, 0.25) is 6.29 Å². The molecule has 0 fully saturated rings. The van der Waals surface area contributed by atoms with Gasteiger partial charge in [0.1, 0.15) is 36.9 Å². The number of methoxy groups -OCH3 is 3. The van der Waals surface area contributed by atoms with Crippen molar-refractivity contribution >= 4 is 36.8 Å². The zero-order chi connectivity index (χ0) is 28.7. The monoisotopic (exact) mass is 542 g/mol. The van der Waals surface area contributed by atoms with Crippen molar-refractivity contribution in [3.8, 4) is 6.07 Å². The summed E-state index contributed by atoms with van der Waals surface area (Å²) in [7, 11) is 3.64. The van der Waals surface area contributed by atoms with Crippen molar-refractivity contribution in [3.63, 3.8) is 0 Å². The van der Waals surface area contributed by atoms with Crippen LogP contribution in [0, 0.1) is 11.3 Å². The number of nitrogens with one attached hydrogen (secondary N) is 2. The quantitative estimate of drug-likeness (QED) is 0.237. The fourth-order valence-corrected chi connectivity index (χ4v) is 4.93. The predicted octanol–water partition coefficient (Wildman–Crippen LogP) is 4.60. The van der Waals surface area contributed by atoms with Crippen molar-refractivity contribution in [1.82, 2.24) is 9.97 Å². The minimum Gasteiger partial charge on any atom is -0.383 e. The smallest absolute Gasteiger partial charge is 0.328 e. The molecule has 0 saturated heterocycles. The first-order chi connectivity index (χ1) is 17.8. The van der Waals surface area contributed by atoms with Crippen molar-refractivity contribution in [1.29, 1.82) is 5.26 Å². The summed E-state index contributed by atoms with van der Waals surface area (Å²) < 4.78 is 15.9. The van der Waals surface area contributed by atoms with Crippen LogP contribution < -0.4 is 15.5 Å². The second-order valence-corrected chi connectivity index (χ2v) is 15.4. The number of carbonyl (C=O) groups is 2. The van der Waals surface area contributed by atoms with Gasteiger partial charge in [0.15, 0.2) is 0 Å². The summed E-state index contributed by atoms with van der Waals surface area (Å²) in [6, 6.07) is 6.42. The van der Waals surface area contributed by atoms with Crippen LogP contribution in [0.2, 0.25) is 18.1 Å². The van der Waals surface area contributed by atoms with Crippen LogP contribution in [-0.4, -0.2) is 71.0 Å². The lowest BCUT2D eigenvalue weighted by Gasteiger charge is -2.35. The molecule has 0 spiro atoms. The lowest BCUT2D eigenvalue weighted by Crippen LogP contribution is -2.46. The number of ether oxygens (including phenoxy) is 3. The largest absolute Gasteiger partial charge is 0.383 e. The standard InChI is InChI=1S/C26H38N6O5Si/c1-26(2,3)38(8,9)23(33)18-10-11-21(31-22(18)24(36-6)37-7)32(4)25(34)30-20-14-19(28-12-13-35-5)17(15-27)16-29-20/h10-11,14,16,24H,12-13H2,1-9H3,(H2,28,29,30,34). The van der Waals surface area contributed by atoms with E-state index in [1.54, 1.807) is 32.4 Å². The zero-order valence-corrected chi connectivity index (χ0v) is 24.6. The Morgan fingerprint density at radius 2 is 1.84 bits per heavy atom. The first-order valence-electron chi connectivity index (χ1n) is 12.1. The van der Waals surface area contributed by atoms with Gasteiger partial charge in [-0.15, -0.1) is 0 Å². The third-order valence-corrected chi connectivity index (χ3v) is 11.9. The maximum atomic E-state index is 13.7. The summed E-state index contributed by atoms with van der Waals surface area (Å²) in [6.45, 7) is 11.2. The molecule has 0 aliphatic carbocycles. The van der Waals surface area contributed by atoms with E-state index < -0.39 is 20.4 Å². The number of anilines is 3. The molecule has 0 saturated carbocycles. The van der Waals surface area contributed by atoms with Crippen LogP contribution in [0.5, 0.6) is 0 Å². The Labute approximate surface area is 225 Å². The van der Waals surface area contributed by atoms with E-state index in [1.165, 1.54) is 25.3 Å². The van der Waals surface area contributed by atoms with E-state index >= 15 is 0 Å². The Morgan fingerprint density at radius 1 is 1.18 bits per heavy atom. The average Bonchev–Trinajstić information content (AvgIpc) is 2.88. The van der Waals surface area contributed by atoms with Gasteiger partial charge >= 0.3 is 6.03 Å². The lowest BCUT2D eigenvalue weighted by atomic mass is 10.2. The van der Waals surface area contributed by atoms with Gasteiger partial charge < -0.3 is 19.5 Å². The molecule has 0 aromatic carbocycles. The first-order valence-corrected chi connectivity index (χ1v) is 15.1. The van der Waals surface area contributed by atoms with Gasteiger partial charge in [0, 0.05) is 52.7 Å². The molecule has 0 aliphatic rings. The molecule has 12 heteroatoms. The molecule has 0 bridgehead atoms. The number of rotatable bonds is 11. The number of aromatic nitrogens is 2. The molecule has 0 atom stereocenters. The number of hydrogen-bond donors (Lipinski definition) is 2. The highest BCUT2D eigenvalue weighted by Gasteiger charge is 2.44. The van der Waals surface area contributed by atoms with Gasteiger partial charge in [-0.2, -0.15) is 5.26 Å². The second kappa shape index (κ2) is 12.9. The molecule has 11 nitrogen and oxygen atoms in total. The van der Waals surface area contributed by atoms with E-state index in [1.807, 2.05) is 13.1 Å². The van der Waals surface area contributed by atoms with E-state index in [9.17, 15) is 14.9 Å². The zero-order valence-electron chi connectivity index (χ0n) is 23.6. The number of urea groups is 1. The number of carbonyl (C=O) groups excluding carboxylic acids is 2. The van der Waals surface area contributed by atoms with E-state index in [2.05, 4.69) is 47.4 Å². The summed E-state index contributed by atoms with van der Waals surface area (Å²) in [5, 5.41) is 15.0. The van der Waals surface area contributed by atoms with Crippen molar-refractivity contribution in [2.75, 3.05) is 57.1 Å². The van der Waals surface area contributed by atoms with E-state index in [0.717, 1.165) is 0 Å². The number of amides is 2. The van der Waals surface area contributed by atoms with Crippen molar-refractivity contribution < 1.29 is 23.8 Å². The molecular weight excluding hydrogens is 504 g/mol. The summed E-state index contributed by atoms with van der Waals surface area (Å²) in [5.74, 6) is 0.535. The maximum absolute atomic E-state index is 13.7. The summed E-state index contributed by atoms with van der Waals surface area (Å²) in [6.07, 6.45) is 0.487. The first kappa shape index (κ1) is 30.8. The normalized spacial score (nSPS) is 11.7. The summed E-state index contributed by atoms with van der Waals surface area (Å²) in [4.78, 5) is 36.8. The summed E-state index contributed by atoms with van der Waals surface area (Å²) in [5.41, 5.74) is 1.59. The van der Waals surface area contributed by atoms with Gasteiger partial charge in [-0.1, -0.05) is 33.9 Å². The molecule has 2 N–H and O–H groups in total. The predicted molar refractivity (Wildman–Crippen MR) is 149 cm³/mol. The number of nitriles is 1. The fraction of sp³-hybridized carbons (Fsp3) is 0.500. The van der Waals surface area contributed by atoms with Crippen LogP contribution in [0.15, 0.2) is 24.4 Å². The third-order valence-electron chi connectivity index (χ3n) is 6.78. The van der Waals surface area contributed by atoms with Crippen LogP contribution in [0.1, 0.15) is 48.7 Å². The van der Waals surface area contributed by atoms with E-state index in [-0.39, 0.29) is 22.1 Å². The topological polar surface area (TPSA) is 139 Å². The van der Waals surface area contributed by atoms with Crippen molar-refractivity contribution in [2.24, 2.45) is 0 Å². The SMILES string of the molecule is COCCNc1cc(NC(=O)N(C)c2ccc(C(=O)[Si](C)(C)C(C)(C)C)c(C(OC)OC)n2)ncc1C#N. The molecule has 2 aromatic rings. The molecule has 0 unspecified atom stereocenters. The minimum absolute atomic E-state index is 0.0283. The molecule has 38 heavy (non-hydrogen) atoms. The van der Waals surface area contributed by atoms with Gasteiger partial charge in [-0.05, 0) is 17.2 Å². The maximum Gasteiger partial charge on any atom is 0.328 e. The Balaban J connectivity index is 2.39. The highest BCUT2D eigenvalue weighted by molar-refractivity contribution is 7.08. The molecular formula is C26H38N6O5Si. The Morgan fingerprint density at radius 3 is 2.39 bits per heavy atom. The molecule has 0 radical (unpaired) electrons. The molecule has 2 aromatic heterocycles. The Kier molecular flexibility index (Phi) is 10.5. The fourth-order valence-electron chi connectivity index (χ4n) is 3.36. The highest BCUT2D eigenvalue weighted by Crippen LogP contribution is 2.39. The Bertz CT molecular complexity index is 1190. The number of nitrogens with zero attached hydrogens (tertiary/aromatic N) is 4. The van der Waals surface area contributed by atoms with Gasteiger partial charge in [0.05, 0.1) is 17.9 Å². The third kappa shape index (κ3) is 6.93. The van der Waals surface area contributed by atoms with Gasteiger partial charge in [0.25, 0.3) is 0 Å². The minimum atomic E-state index is -2.42. The Hall–Kier alpha value is -3.37. The van der Waals surface area contributed by atoms with Crippen LogP contribution in [0.4, 0.5) is 22.1 Å². The van der Waals surface area contributed by atoms with Crippen molar-refractivity contribution in [2.45, 2.75) is 45.2 Å². The summed E-state index contributed by atoms with van der Waals surface area (Å²) >= 11 is 0. The van der Waals surface area contributed by atoms with Crippen molar-refractivity contribution in [3.05, 3.63) is 41.2 Å². The van der Waals surface area contributed by atoms with Crippen LogP contribution in [-0.2, 0) is 14.2 Å². The molecule has 206 valence electrons. The van der Waals surface area contributed by atoms with Crippen LogP contribution >= 0.6 is 0 Å². The van der Waals surface area contributed by atoms with Crippen LogP contribution in [0.25, 0.3) is 0 Å². The second-order valence-electron chi connectivity index (χ2n) is 10.2. The van der Waals surface area contributed by atoms with Crippen LogP contribution in [0.3, 0.4) is 0 Å².